The van der Waals surface area contributed by atoms with Crippen LogP contribution in [0.25, 0.3) is 0 Å². The van der Waals surface area contributed by atoms with Crippen molar-refractivity contribution >= 4 is 17.2 Å². The Bertz CT molecular complexity index is 734. The minimum atomic E-state index is -0.0645. The van der Waals surface area contributed by atoms with E-state index in [1.54, 1.807) is 0 Å². The van der Waals surface area contributed by atoms with Crippen LogP contribution in [0.1, 0.15) is 76.7 Å². The molecule has 1 saturated carbocycles. The molecule has 1 aliphatic carbocycles. The number of nitrogens with zero attached hydrogens (tertiary/aromatic N) is 4. The minimum Gasteiger partial charge on any atom is -0.339 e. The molecule has 4 rings (SSSR count). The van der Waals surface area contributed by atoms with Crippen LogP contribution in [0.5, 0.6) is 0 Å². The Morgan fingerprint density at radius 3 is 2.87 bits per heavy atom. The maximum Gasteiger partial charge on any atom is 0.266 e. The van der Waals surface area contributed by atoms with Gasteiger partial charge in [-0.1, -0.05) is 12.1 Å². The number of hydrogen-bond donors (Lipinski definition) is 0. The van der Waals surface area contributed by atoms with Gasteiger partial charge >= 0.3 is 0 Å². The van der Waals surface area contributed by atoms with Crippen LogP contribution in [0.15, 0.2) is 4.52 Å². The molecule has 1 aliphatic heterocycles. The SMILES string of the molecule is CCc1nc(C)c(C(=O)N2CCC[C@@H]2c2noc(C3CC3)n2)s1. The molecule has 23 heavy (non-hydrogen) atoms. The quantitative estimate of drug-likeness (QED) is 0.859. The van der Waals surface area contributed by atoms with Crippen molar-refractivity contribution in [2.45, 2.75) is 57.9 Å². The predicted octanol–water partition coefficient (Wildman–Crippen LogP) is 3.25. The summed E-state index contributed by atoms with van der Waals surface area (Å²) in [5, 5.41) is 5.15. The van der Waals surface area contributed by atoms with Gasteiger partial charge in [-0.3, -0.25) is 4.79 Å². The third-order valence-corrected chi connectivity index (χ3v) is 5.82. The summed E-state index contributed by atoms with van der Waals surface area (Å²) < 4.78 is 5.37. The molecule has 0 aromatic carbocycles. The third kappa shape index (κ3) is 2.67. The second kappa shape index (κ2) is 5.70. The first kappa shape index (κ1) is 14.8. The van der Waals surface area contributed by atoms with Gasteiger partial charge in [0.15, 0.2) is 5.82 Å². The Balaban J connectivity index is 1.58. The molecule has 0 unspecified atom stereocenters. The van der Waals surface area contributed by atoms with Gasteiger partial charge in [-0.25, -0.2) is 4.98 Å². The van der Waals surface area contributed by atoms with Gasteiger partial charge in [0.1, 0.15) is 4.88 Å². The van der Waals surface area contributed by atoms with Crippen molar-refractivity contribution < 1.29 is 9.32 Å². The lowest BCUT2D eigenvalue weighted by molar-refractivity contribution is 0.0732. The van der Waals surface area contributed by atoms with Gasteiger partial charge in [-0.2, -0.15) is 4.98 Å². The molecule has 2 aliphatic rings. The number of hydrogen-bond acceptors (Lipinski definition) is 6. The van der Waals surface area contributed by atoms with Crippen LogP contribution >= 0.6 is 11.3 Å². The second-order valence-electron chi connectivity index (χ2n) is 6.30. The van der Waals surface area contributed by atoms with Gasteiger partial charge in [0.25, 0.3) is 5.91 Å². The molecular formula is C16H20N4O2S. The van der Waals surface area contributed by atoms with Gasteiger partial charge in [-0.05, 0) is 39.0 Å². The van der Waals surface area contributed by atoms with Crippen molar-refractivity contribution in [2.24, 2.45) is 0 Å². The summed E-state index contributed by atoms with van der Waals surface area (Å²) in [6.45, 7) is 4.72. The molecule has 0 bridgehead atoms. The van der Waals surface area contributed by atoms with Crippen molar-refractivity contribution in [1.29, 1.82) is 0 Å². The topological polar surface area (TPSA) is 72.1 Å². The van der Waals surface area contributed by atoms with Crippen molar-refractivity contribution in [3.63, 3.8) is 0 Å². The highest BCUT2D eigenvalue weighted by Gasteiger charge is 2.37. The first-order valence-corrected chi connectivity index (χ1v) is 9.09. The van der Waals surface area contributed by atoms with E-state index in [2.05, 4.69) is 22.0 Å². The normalized spacial score (nSPS) is 21.1. The minimum absolute atomic E-state index is 0.0555. The highest BCUT2D eigenvalue weighted by atomic mass is 32.1. The molecular weight excluding hydrogens is 312 g/mol. The van der Waals surface area contributed by atoms with E-state index in [1.807, 2.05) is 11.8 Å². The maximum absolute atomic E-state index is 12.9. The number of aryl methyl sites for hydroxylation is 2. The van der Waals surface area contributed by atoms with E-state index in [1.165, 1.54) is 11.3 Å². The Labute approximate surface area is 138 Å². The second-order valence-corrected chi connectivity index (χ2v) is 7.38. The summed E-state index contributed by atoms with van der Waals surface area (Å²) in [6.07, 6.45) is 5.00. The maximum atomic E-state index is 12.9. The lowest BCUT2D eigenvalue weighted by Crippen LogP contribution is -2.31. The van der Waals surface area contributed by atoms with Crippen LogP contribution in [-0.2, 0) is 6.42 Å². The van der Waals surface area contributed by atoms with Crippen molar-refractivity contribution in [1.82, 2.24) is 20.0 Å². The van der Waals surface area contributed by atoms with E-state index in [0.29, 0.717) is 11.7 Å². The molecule has 2 fully saturated rings. The number of carbonyl (C=O) groups excluding carboxylic acids is 1. The summed E-state index contributed by atoms with van der Waals surface area (Å²) in [7, 11) is 0. The van der Waals surface area contributed by atoms with Crippen LogP contribution in [0.2, 0.25) is 0 Å². The molecule has 6 nitrogen and oxygen atoms in total. The predicted molar refractivity (Wildman–Crippen MR) is 85.5 cm³/mol. The summed E-state index contributed by atoms with van der Waals surface area (Å²) in [5.41, 5.74) is 0.828. The molecule has 1 amide bonds. The van der Waals surface area contributed by atoms with E-state index in [0.717, 1.165) is 60.1 Å². The van der Waals surface area contributed by atoms with Gasteiger partial charge in [0.2, 0.25) is 5.89 Å². The molecule has 1 saturated heterocycles. The highest BCUT2D eigenvalue weighted by molar-refractivity contribution is 7.13. The Morgan fingerprint density at radius 2 is 2.17 bits per heavy atom. The molecule has 2 aromatic heterocycles. The van der Waals surface area contributed by atoms with Crippen molar-refractivity contribution in [3.8, 4) is 0 Å². The molecule has 2 aromatic rings. The van der Waals surface area contributed by atoms with Crippen molar-refractivity contribution in [2.75, 3.05) is 6.54 Å². The molecule has 0 N–H and O–H groups in total. The zero-order valence-corrected chi connectivity index (χ0v) is 14.2. The monoisotopic (exact) mass is 332 g/mol. The lowest BCUT2D eigenvalue weighted by atomic mass is 10.2. The number of rotatable bonds is 4. The fourth-order valence-electron chi connectivity index (χ4n) is 3.09. The third-order valence-electron chi connectivity index (χ3n) is 4.53. The van der Waals surface area contributed by atoms with Crippen LogP contribution in [-0.4, -0.2) is 32.5 Å². The number of amides is 1. The largest absolute Gasteiger partial charge is 0.339 e. The average Bonchev–Trinajstić information content (AvgIpc) is 2.99. The molecule has 0 radical (unpaired) electrons. The summed E-state index contributed by atoms with van der Waals surface area (Å²) in [6, 6.07) is -0.0645. The number of likely N-dealkylation sites (tertiary alicyclic amines) is 1. The summed E-state index contributed by atoms with van der Waals surface area (Å²) >= 11 is 1.51. The fourth-order valence-corrected chi connectivity index (χ4v) is 4.05. The molecule has 3 heterocycles. The van der Waals surface area contributed by atoms with Crippen LogP contribution in [0, 0.1) is 6.92 Å². The molecule has 7 heteroatoms. The Morgan fingerprint density at radius 1 is 1.35 bits per heavy atom. The smallest absolute Gasteiger partial charge is 0.266 e. The van der Waals surface area contributed by atoms with Crippen LogP contribution < -0.4 is 0 Å². The van der Waals surface area contributed by atoms with Gasteiger partial charge in [0.05, 0.1) is 16.7 Å². The van der Waals surface area contributed by atoms with E-state index < -0.39 is 0 Å². The van der Waals surface area contributed by atoms with Gasteiger partial charge in [0, 0.05) is 12.5 Å². The number of thiazole rings is 1. The summed E-state index contributed by atoms with van der Waals surface area (Å²) in [4.78, 5) is 24.6. The van der Waals surface area contributed by atoms with Crippen LogP contribution in [0.3, 0.4) is 0 Å². The number of aromatic nitrogens is 3. The van der Waals surface area contributed by atoms with E-state index in [4.69, 9.17) is 4.52 Å². The van der Waals surface area contributed by atoms with Gasteiger partial charge < -0.3 is 9.42 Å². The zero-order valence-electron chi connectivity index (χ0n) is 13.4. The average molecular weight is 332 g/mol. The Kier molecular flexibility index (Phi) is 3.67. The van der Waals surface area contributed by atoms with Gasteiger partial charge in [-0.15, -0.1) is 11.3 Å². The molecule has 122 valence electrons. The first-order valence-electron chi connectivity index (χ1n) is 8.28. The zero-order chi connectivity index (χ0) is 16.0. The van der Waals surface area contributed by atoms with Crippen LogP contribution in [0.4, 0.5) is 0 Å². The lowest BCUT2D eigenvalue weighted by Gasteiger charge is -2.21. The first-order chi connectivity index (χ1) is 11.2. The molecule has 0 spiro atoms. The molecule has 1 atom stereocenters. The fraction of sp³-hybridized carbons (Fsp3) is 0.625. The van der Waals surface area contributed by atoms with E-state index in [-0.39, 0.29) is 11.9 Å². The summed E-state index contributed by atoms with van der Waals surface area (Å²) in [5.74, 6) is 1.90. The van der Waals surface area contributed by atoms with E-state index >= 15 is 0 Å². The van der Waals surface area contributed by atoms with Crippen molar-refractivity contribution in [3.05, 3.63) is 27.3 Å². The van der Waals surface area contributed by atoms with E-state index in [9.17, 15) is 4.79 Å². The Hall–Kier alpha value is -1.76. The standard InChI is InChI=1S/C16H20N4O2S/c1-3-12-17-9(2)13(23-12)16(21)20-8-4-5-11(20)14-18-15(22-19-14)10-6-7-10/h10-11H,3-8H2,1-2H3/t11-/m1/s1. The number of carbonyl (C=O) groups is 1. The highest BCUT2D eigenvalue weighted by Crippen LogP contribution is 2.40.